The summed E-state index contributed by atoms with van der Waals surface area (Å²) in [5.41, 5.74) is 1.42. The van der Waals surface area contributed by atoms with Gasteiger partial charge in [-0.1, -0.05) is 31.2 Å². The monoisotopic (exact) mass is 291 g/mol. The van der Waals surface area contributed by atoms with Crippen LogP contribution in [0, 0.1) is 0 Å². The van der Waals surface area contributed by atoms with E-state index in [1.165, 1.54) is 12.3 Å². The first-order valence-corrected chi connectivity index (χ1v) is 6.50. The summed E-state index contributed by atoms with van der Waals surface area (Å²) in [5, 5.41) is 3.68. The van der Waals surface area contributed by atoms with Gasteiger partial charge in [0.1, 0.15) is 0 Å². The Balaban J connectivity index is 2.18. The summed E-state index contributed by atoms with van der Waals surface area (Å²) in [6.07, 6.45) is -2.30. The Hall–Kier alpha value is -2.37. The standard InChI is InChI=1S/C15H12F3N3/c1-2-10-3-5-11(6-4-10)12-9-13(15(16,17)18)21-14(20-12)7-8-19-21/h3-9H,2H2,1H3. The number of halogens is 3. The number of hydrogen-bond acceptors (Lipinski definition) is 2. The van der Waals surface area contributed by atoms with E-state index in [-0.39, 0.29) is 11.3 Å². The molecule has 0 amide bonds. The summed E-state index contributed by atoms with van der Waals surface area (Å²) in [7, 11) is 0. The van der Waals surface area contributed by atoms with Crippen molar-refractivity contribution in [1.29, 1.82) is 0 Å². The minimum atomic E-state index is -4.48. The molecule has 108 valence electrons. The number of hydrogen-bond donors (Lipinski definition) is 0. The first-order chi connectivity index (χ1) is 9.99. The van der Waals surface area contributed by atoms with Crippen LogP contribution in [0.3, 0.4) is 0 Å². The molecule has 0 aliphatic rings. The van der Waals surface area contributed by atoms with Crippen LogP contribution in [0.4, 0.5) is 13.2 Å². The molecule has 0 saturated carbocycles. The lowest BCUT2D eigenvalue weighted by Crippen LogP contribution is -2.13. The molecule has 3 aromatic rings. The zero-order valence-corrected chi connectivity index (χ0v) is 11.2. The van der Waals surface area contributed by atoms with Crippen LogP contribution in [0.25, 0.3) is 16.9 Å². The molecule has 0 unspecified atom stereocenters. The molecule has 0 bridgehead atoms. The highest BCUT2D eigenvalue weighted by Gasteiger charge is 2.35. The summed E-state index contributed by atoms with van der Waals surface area (Å²) in [6.45, 7) is 2.02. The summed E-state index contributed by atoms with van der Waals surface area (Å²) in [4.78, 5) is 4.24. The van der Waals surface area contributed by atoms with Gasteiger partial charge in [0.05, 0.1) is 11.9 Å². The molecule has 2 aromatic heterocycles. The van der Waals surface area contributed by atoms with Gasteiger partial charge in [-0.3, -0.25) is 0 Å². The van der Waals surface area contributed by atoms with Crippen molar-refractivity contribution in [2.75, 3.05) is 0 Å². The van der Waals surface area contributed by atoms with Crippen LogP contribution >= 0.6 is 0 Å². The fraction of sp³-hybridized carbons (Fsp3) is 0.200. The van der Waals surface area contributed by atoms with E-state index in [1.54, 1.807) is 12.1 Å². The molecule has 1 aromatic carbocycles. The van der Waals surface area contributed by atoms with Crippen molar-refractivity contribution in [1.82, 2.24) is 14.6 Å². The van der Waals surface area contributed by atoms with Gasteiger partial charge in [0.25, 0.3) is 0 Å². The number of rotatable bonds is 2. The van der Waals surface area contributed by atoms with Crippen LogP contribution in [-0.4, -0.2) is 14.6 Å². The molecule has 3 nitrogen and oxygen atoms in total. The number of nitrogens with zero attached hydrogens (tertiary/aromatic N) is 3. The van der Waals surface area contributed by atoms with Gasteiger partial charge in [0.2, 0.25) is 0 Å². The Morgan fingerprint density at radius 1 is 1.10 bits per heavy atom. The van der Waals surface area contributed by atoms with Crippen molar-refractivity contribution in [3.05, 3.63) is 53.9 Å². The minimum Gasteiger partial charge on any atom is -0.229 e. The van der Waals surface area contributed by atoms with Crippen LogP contribution in [0.2, 0.25) is 0 Å². The molecule has 2 heterocycles. The van der Waals surface area contributed by atoms with Crippen LogP contribution in [0.1, 0.15) is 18.2 Å². The molecular formula is C15H12F3N3. The molecule has 0 aliphatic heterocycles. The fourth-order valence-corrected chi connectivity index (χ4v) is 2.17. The van der Waals surface area contributed by atoms with Crippen molar-refractivity contribution in [2.24, 2.45) is 0 Å². The van der Waals surface area contributed by atoms with Crippen molar-refractivity contribution < 1.29 is 13.2 Å². The maximum atomic E-state index is 13.1. The van der Waals surface area contributed by atoms with Gasteiger partial charge in [-0.25, -0.2) is 9.50 Å². The van der Waals surface area contributed by atoms with E-state index in [0.29, 0.717) is 5.56 Å². The lowest BCUT2D eigenvalue weighted by molar-refractivity contribution is -0.142. The third-order valence-electron chi connectivity index (χ3n) is 3.31. The van der Waals surface area contributed by atoms with Gasteiger partial charge < -0.3 is 0 Å². The predicted molar refractivity (Wildman–Crippen MR) is 72.8 cm³/mol. The second-order valence-corrected chi connectivity index (χ2v) is 4.68. The van der Waals surface area contributed by atoms with Crippen molar-refractivity contribution >= 4 is 5.65 Å². The summed E-state index contributed by atoms with van der Waals surface area (Å²) < 4.78 is 40.2. The first-order valence-electron chi connectivity index (χ1n) is 6.50. The number of aromatic nitrogens is 3. The Morgan fingerprint density at radius 2 is 1.81 bits per heavy atom. The van der Waals surface area contributed by atoms with Gasteiger partial charge in [0, 0.05) is 11.6 Å². The maximum absolute atomic E-state index is 13.1. The maximum Gasteiger partial charge on any atom is 0.433 e. The van der Waals surface area contributed by atoms with Crippen LogP contribution in [0.15, 0.2) is 42.6 Å². The van der Waals surface area contributed by atoms with Crippen LogP contribution in [0.5, 0.6) is 0 Å². The highest BCUT2D eigenvalue weighted by Crippen LogP contribution is 2.32. The van der Waals surface area contributed by atoms with Crippen molar-refractivity contribution in [3.8, 4) is 11.3 Å². The summed E-state index contributed by atoms with van der Waals surface area (Å²) in [5.74, 6) is 0. The molecule has 0 atom stereocenters. The summed E-state index contributed by atoms with van der Waals surface area (Å²) in [6, 6.07) is 9.85. The van der Waals surface area contributed by atoms with Gasteiger partial charge in [-0.05, 0) is 18.1 Å². The molecule has 0 fully saturated rings. The molecule has 0 N–H and O–H groups in total. The highest BCUT2D eigenvalue weighted by atomic mass is 19.4. The number of aryl methyl sites for hydroxylation is 1. The second kappa shape index (κ2) is 4.87. The topological polar surface area (TPSA) is 30.2 Å². The smallest absolute Gasteiger partial charge is 0.229 e. The Labute approximate surface area is 119 Å². The van der Waals surface area contributed by atoms with Gasteiger partial charge >= 0.3 is 6.18 Å². The van der Waals surface area contributed by atoms with E-state index in [2.05, 4.69) is 10.1 Å². The van der Waals surface area contributed by atoms with E-state index < -0.39 is 11.9 Å². The lowest BCUT2D eigenvalue weighted by atomic mass is 10.1. The third kappa shape index (κ3) is 2.49. The van der Waals surface area contributed by atoms with E-state index in [9.17, 15) is 13.2 Å². The van der Waals surface area contributed by atoms with Crippen molar-refractivity contribution in [2.45, 2.75) is 19.5 Å². The third-order valence-corrected chi connectivity index (χ3v) is 3.31. The lowest BCUT2D eigenvalue weighted by Gasteiger charge is -2.11. The minimum absolute atomic E-state index is 0.180. The molecule has 0 radical (unpaired) electrons. The fourth-order valence-electron chi connectivity index (χ4n) is 2.17. The number of alkyl halides is 3. The van der Waals surface area contributed by atoms with Gasteiger partial charge in [-0.2, -0.15) is 18.3 Å². The second-order valence-electron chi connectivity index (χ2n) is 4.68. The number of benzene rings is 1. The predicted octanol–water partition coefficient (Wildman–Crippen LogP) is 3.98. The van der Waals surface area contributed by atoms with E-state index >= 15 is 0 Å². The van der Waals surface area contributed by atoms with E-state index in [4.69, 9.17) is 0 Å². The molecule has 6 heteroatoms. The van der Waals surface area contributed by atoms with Crippen LogP contribution in [-0.2, 0) is 12.6 Å². The largest absolute Gasteiger partial charge is 0.433 e. The van der Waals surface area contributed by atoms with Gasteiger partial charge in [-0.15, -0.1) is 0 Å². The molecule has 0 saturated heterocycles. The zero-order chi connectivity index (χ0) is 15.0. The van der Waals surface area contributed by atoms with Crippen LogP contribution < -0.4 is 0 Å². The Kier molecular flexibility index (Phi) is 3.16. The molecule has 21 heavy (non-hydrogen) atoms. The number of fused-ring (bicyclic) bond motifs is 1. The Bertz CT molecular complexity index is 773. The average molecular weight is 291 g/mol. The first kappa shape index (κ1) is 13.6. The van der Waals surface area contributed by atoms with E-state index in [0.717, 1.165) is 22.6 Å². The zero-order valence-electron chi connectivity index (χ0n) is 11.2. The molecule has 3 rings (SSSR count). The molecular weight excluding hydrogens is 279 g/mol. The summed E-state index contributed by atoms with van der Waals surface area (Å²) >= 11 is 0. The van der Waals surface area contributed by atoms with Gasteiger partial charge in [0.15, 0.2) is 11.3 Å². The van der Waals surface area contributed by atoms with E-state index in [1.807, 2.05) is 19.1 Å². The highest BCUT2D eigenvalue weighted by molar-refractivity contribution is 5.63. The molecule has 0 spiro atoms. The normalized spacial score (nSPS) is 12.0. The SMILES string of the molecule is CCc1ccc(-c2cc(C(F)(F)F)n3nccc3n2)cc1. The Morgan fingerprint density at radius 3 is 2.43 bits per heavy atom. The van der Waals surface area contributed by atoms with Crippen molar-refractivity contribution in [3.63, 3.8) is 0 Å². The average Bonchev–Trinajstić information content (AvgIpc) is 2.93. The quantitative estimate of drug-likeness (QED) is 0.715. The molecule has 0 aliphatic carbocycles.